The minimum absolute atomic E-state index is 0.184. The van der Waals surface area contributed by atoms with Crippen molar-refractivity contribution in [2.24, 2.45) is 17.3 Å². The average molecular weight is 344 g/mol. The number of likely N-dealkylation sites (tertiary alicyclic amines) is 1. The lowest BCUT2D eigenvalue weighted by atomic mass is 9.99. The van der Waals surface area contributed by atoms with Crippen LogP contribution in [0.5, 0.6) is 0 Å². The standard InChI is InChI=1S/C13H17ClF3NO4/c1-11(2,3)22-10(20)18-4-7-8(5-18)12(7,13(15,16)17)9(19)21-6-14/h7-8H,4-6H2,1-3H3. The maximum absolute atomic E-state index is 13.3. The van der Waals surface area contributed by atoms with Crippen LogP contribution >= 0.6 is 11.6 Å². The molecule has 0 bridgehead atoms. The van der Waals surface area contributed by atoms with Crippen molar-refractivity contribution in [2.75, 3.05) is 19.2 Å². The normalized spacial score (nSPS) is 30.8. The van der Waals surface area contributed by atoms with Crippen molar-refractivity contribution in [1.82, 2.24) is 4.90 Å². The molecular formula is C13H17ClF3NO4. The third-order valence-electron chi connectivity index (χ3n) is 4.02. The van der Waals surface area contributed by atoms with Gasteiger partial charge in [0.15, 0.2) is 11.5 Å². The molecule has 1 saturated heterocycles. The van der Waals surface area contributed by atoms with E-state index in [1.165, 1.54) is 4.90 Å². The first-order valence-corrected chi connectivity index (χ1v) is 7.26. The number of fused-ring (bicyclic) bond motifs is 1. The van der Waals surface area contributed by atoms with Crippen molar-refractivity contribution in [3.63, 3.8) is 0 Å². The summed E-state index contributed by atoms with van der Waals surface area (Å²) in [7, 11) is 0. The second kappa shape index (κ2) is 5.18. The quantitative estimate of drug-likeness (QED) is 0.571. The van der Waals surface area contributed by atoms with Gasteiger partial charge in [0.1, 0.15) is 5.60 Å². The van der Waals surface area contributed by atoms with Crippen molar-refractivity contribution in [2.45, 2.75) is 32.5 Å². The van der Waals surface area contributed by atoms with Crippen molar-refractivity contribution >= 4 is 23.7 Å². The molecule has 1 amide bonds. The van der Waals surface area contributed by atoms with Crippen LogP contribution in [-0.4, -0.2) is 47.9 Å². The highest BCUT2D eigenvalue weighted by atomic mass is 35.5. The predicted molar refractivity (Wildman–Crippen MR) is 70.1 cm³/mol. The van der Waals surface area contributed by atoms with Gasteiger partial charge < -0.3 is 14.4 Å². The van der Waals surface area contributed by atoms with Gasteiger partial charge in [-0.3, -0.25) is 4.79 Å². The first-order chi connectivity index (χ1) is 9.95. The number of halogens is 4. The Labute approximate surface area is 130 Å². The second-order valence-electron chi connectivity index (χ2n) is 6.51. The van der Waals surface area contributed by atoms with E-state index in [0.29, 0.717) is 0 Å². The lowest BCUT2D eigenvalue weighted by Crippen LogP contribution is -2.45. The molecule has 9 heteroatoms. The summed E-state index contributed by atoms with van der Waals surface area (Å²) in [6.45, 7) is 4.63. The zero-order valence-electron chi connectivity index (χ0n) is 12.4. The fraction of sp³-hybridized carbons (Fsp3) is 0.846. The molecule has 5 nitrogen and oxygen atoms in total. The van der Waals surface area contributed by atoms with Gasteiger partial charge in [0.25, 0.3) is 0 Å². The van der Waals surface area contributed by atoms with Gasteiger partial charge >= 0.3 is 18.2 Å². The van der Waals surface area contributed by atoms with Gasteiger partial charge in [-0.2, -0.15) is 13.2 Å². The Kier molecular flexibility index (Phi) is 4.04. The van der Waals surface area contributed by atoms with E-state index in [-0.39, 0.29) is 13.1 Å². The zero-order valence-corrected chi connectivity index (χ0v) is 13.1. The van der Waals surface area contributed by atoms with E-state index in [9.17, 15) is 22.8 Å². The van der Waals surface area contributed by atoms with Gasteiger partial charge in [0, 0.05) is 24.9 Å². The summed E-state index contributed by atoms with van der Waals surface area (Å²) in [6.07, 6.45) is -5.41. The van der Waals surface area contributed by atoms with Crippen LogP contribution in [0.1, 0.15) is 20.8 Å². The van der Waals surface area contributed by atoms with Crippen LogP contribution in [0.15, 0.2) is 0 Å². The van der Waals surface area contributed by atoms with E-state index in [1.54, 1.807) is 20.8 Å². The lowest BCUT2D eigenvalue weighted by Gasteiger charge is -2.29. The first-order valence-electron chi connectivity index (χ1n) is 6.73. The average Bonchev–Trinajstić information content (AvgIpc) is 2.73. The Morgan fingerprint density at radius 2 is 1.73 bits per heavy atom. The van der Waals surface area contributed by atoms with Gasteiger partial charge in [-0.05, 0) is 20.8 Å². The molecule has 1 saturated carbocycles. The van der Waals surface area contributed by atoms with E-state index in [0.717, 1.165) is 0 Å². The van der Waals surface area contributed by atoms with Crippen LogP contribution in [0, 0.1) is 17.3 Å². The molecule has 1 aliphatic carbocycles. The molecule has 1 aliphatic heterocycles. The molecule has 22 heavy (non-hydrogen) atoms. The molecule has 2 rings (SSSR count). The smallest absolute Gasteiger partial charge is 0.410 e. The molecule has 1 heterocycles. The molecule has 0 N–H and O–H groups in total. The number of carbonyl (C=O) groups excluding carboxylic acids is 2. The summed E-state index contributed by atoms with van der Waals surface area (Å²) in [4.78, 5) is 24.8. The molecule has 0 aromatic heterocycles. The van der Waals surface area contributed by atoms with Gasteiger partial charge in [0.2, 0.25) is 0 Å². The summed E-state index contributed by atoms with van der Waals surface area (Å²) < 4.78 is 49.4. The second-order valence-corrected chi connectivity index (χ2v) is 6.72. The highest BCUT2D eigenvalue weighted by molar-refractivity contribution is 6.17. The van der Waals surface area contributed by atoms with Crippen LogP contribution in [0.3, 0.4) is 0 Å². The number of esters is 1. The van der Waals surface area contributed by atoms with E-state index in [2.05, 4.69) is 4.74 Å². The number of hydrogen-bond donors (Lipinski definition) is 0. The van der Waals surface area contributed by atoms with Gasteiger partial charge in [-0.25, -0.2) is 4.79 Å². The largest absolute Gasteiger partial charge is 0.449 e. The Balaban J connectivity index is 2.09. The number of rotatable bonds is 2. The van der Waals surface area contributed by atoms with Crippen molar-refractivity contribution < 1.29 is 32.2 Å². The first kappa shape index (κ1) is 17.2. The van der Waals surface area contributed by atoms with Gasteiger partial charge in [0.05, 0.1) is 0 Å². The summed E-state index contributed by atoms with van der Waals surface area (Å²) in [5.74, 6) is -3.37. The number of alkyl halides is 4. The molecule has 2 aliphatic rings. The maximum atomic E-state index is 13.3. The summed E-state index contributed by atoms with van der Waals surface area (Å²) in [5, 5.41) is 0. The molecule has 0 aromatic rings. The van der Waals surface area contributed by atoms with E-state index in [4.69, 9.17) is 16.3 Å². The highest BCUT2D eigenvalue weighted by Crippen LogP contribution is 2.70. The minimum Gasteiger partial charge on any atom is -0.449 e. The van der Waals surface area contributed by atoms with Crippen LogP contribution in [0.2, 0.25) is 0 Å². The van der Waals surface area contributed by atoms with Crippen LogP contribution in [0.4, 0.5) is 18.0 Å². The number of piperidine rings is 1. The molecule has 2 unspecified atom stereocenters. The summed E-state index contributed by atoms with van der Waals surface area (Å²) >= 11 is 5.19. The molecular weight excluding hydrogens is 327 g/mol. The van der Waals surface area contributed by atoms with Crippen molar-refractivity contribution in [3.05, 3.63) is 0 Å². The van der Waals surface area contributed by atoms with Crippen LogP contribution in [0.25, 0.3) is 0 Å². The van der Waals surface area contributed by atoms with E-state index >= 15 is 0 Å². The number of carbonyl (C=O) groups is 2. The Morgan fingerprint density at radius 3 is 2.09 bits per heavy atom. The Bertz CT molecular complexity index is 477. The molecule has 2 atom stereocenters. The fourth-order valence-corrected chi connectivity index (χ4v) is 3.21. The Hall–Kier alpha value is -1.18. The minimum atomic E-state index is -4.73. The highest BCUT2D eigenvalue weighted by Gasteiger charge is 2.85. The van der Waals surface area contributed by atoms with Crippen LogP contribution in [-0.2, 0) is 14.3 Å². The Morgan fingerprint density at radius 1 is 1.23 bits per heavy atom. The van der Waals surface area contributed by atoms with Gasteiger partial charge in [-0.15, -0.1) is 0 Å². The summed E-state index contributed by atoms with van der Waals surface area (Å²) in [5.41, 5.74) is -3.27. The van der Waals surface area contributed by atoms with E-state index < -0.39 is 47.2 Å². The maximum Gasteiger partial charge on any atom is 0.410 e. The molecule has 0 spiro atoms. The number of nitrogens with zero attached hydrogens (tertiary/aromatic N) is 1. The topological polar surface area (TPSA) is 55.8 Å². The molecule has 0 aromatic carbocycles. The van der Waals surface area contributed by atoms with Crippen molar-refractivity contribution in [1.29, 1.82) is 0 Å². The number of hydrogen-bond acceptors (Lipinski definition) is 4. The van der Waals surface area contributed by atoms with E-state index in [1.807, 2.05) is 0 Å². The number of ether oxygens (including phenoxy) is 2. The zero-order chi connectivity index (χ0) is 16.9. The van der Waals surface area contributed by atoms with Gasteiger partial charge in [-0.1, -0.05) is 11.6 Å². The monoisotopic (exact) mass is 343 g/mol. The van der Waals surface area contributed by atoms with Crippen molar-refractivity contribution in [3.8, 4) is 0 Å². The third kappa shape index (κ3) is 2.61. The predicted octanol–water partition coefficient (Wildman–Crippen LogP) is 2.77. The van der Waals surface area contributed by atoms with Crippen LogP contribution < -0.4 is 0 Å². The third-order valence-corrected chi connectivity index (χ3v) is 4.13. The summed E-state index contributed by atoms with van der Waals surface area (Å²) in [6, 6.07) is -0.633. The number of amides is 1. The fourth-order valence-electron chi connectivity index (χ4n) is 3.11. The molecule has 2 fully saturated rings. The molecule has 0 radical (unpaired) electrons. The SMILES string of the molecule is CC(C)(C)OC(=O)N1CC2C(C1)C2(C(=O)OCCl)C(F)(F)F. The lowest BCUT2D eigenvalue weighted by molar-refractivity contribution is -0.214. The molecule has 126 valence electrons.